The van der Waals surface area contributed by atoms with Gasteiger partial charge in [0.1, 0.15) is 0 Å². The second kappa shape index (κ2) is 3.22. The standard InChI is InChI=1S/C6H3F3NOS/c7-6(8,9)12-4-1-2-10-5(11)3-4/h1-3H. The number of thioether (sulfide) groups is 1. The third kappa shape index (κ3) is 3.00. The van der Waals surface area contributed by atoms with Gasteiger partial charge in [-0.3, -0.25) is 4.79 Å². The summed E-state index contributed by atoms with van der Waals surface area (Å²) in [5.41, 5.74) is -4.35. The molecule has 0 fully saturated rings. The summed E-state index contributed by atoms with van der Waals surface area (Å²) in [6.07, 6.45) is 3.04. The summed E-state index contributed by atoms with van der Waals surface area (Å²) in [7, 11) is 0. The molecular weight excluding hydrogens is 191 g/mol. The maximum absolute atomic E-state index is 11.7. The summed E-state index contributed by atoms with van der Waals surface area (Å²) in [6, 6.07) is 0. The summed E-state index contributed by atoms with van der Waals surface area (Å²) < 4.78 is 35.1. The number of carbonyl (C=O) groups is 1. The highest BCUT2D eigenvalue weighted by Crippen LogP contribution is 2.37. The number of halogens is 3. The molecule has 0 aromatic rings. The third-order valence-electron chi connectivity index (χ3n) is 0.940. The summed E-state index contributed by atoms with van der Waals surface area (Å²) in [5.74, 6) is -0.663. The Morgan fingerprint density at radius 3 is 2.58 bits per heavy atom. The zero-order valence-corrected chi connectivity index (χ0v) is 6.45. The Bertz CT molecular complexity index is 256. The molecule has 0 aromatic carbocycles. The average molecular weight is 194 g/mol. The van der Waals surface area contributed by atoms with Crippen LogP contribution >= 0.6 is 11.8 Å². The first-order chi connectivity index (χ1) is 5.47. The molecule has 1 heterocycles. The van der Waals surface area contributed by atoms with Crippen LogP contribution in [0.4, 0.5) is 13.2 Å². The van der Waals surface area contributed by atoms with Crippen molar-refractivity contribution in [3.63, 3.8) is 0 Å². The summed E-state index contributed by atoms with van der Waals surface area (Å²) in [4.78, 5) is 10.3. The van der Waals surface area contributed by atoms with Crippen molar-refractivity contribution < 1.29 is 18.0 Å². The van der Waals surface area contributed by atoms with Gasteiger partial charge in [0.25, 0.3) is 5.91 Å². The molecule has 0 saturated carbocycles. The predicted octanol–water partition coefficient (Wildman–Crippen LogP) is 1.78. The molecule has 12 heavy (non-hydrogen) atoms. The monoisotopic (exact) mass is 194 g/mol. The first-order valence-electron chi connectivity index (χ1n) is 2.86. The molecule has 0 N–H and O–H groups in total. The van der Waals surface area contributed by atoms with Crippen LogP contribution in [0.1, 0.15) is 0 Å². The van der Waals surface area contributed by atoms with Crippen LogP contribution in [0.3, 0.4) is 0 Å². The molecule has 0 aromatic heterocycles. The van der Waals surface area contributed by atoms with Crippen molar-refractivity contribution in [2.75, 3.05) is 0 Å². The quantitative estimate of drug-likeness (QED) is 0.637. The van der Waals surface area contributed by atoms with Crippen LogP contribution in [0.5, 0.6) is 0 Å². The molecule has 1 aliphatic rings. The van der Waals surface area contributed by atoms with Crippen LogP contribution in [0.15, 0.2) is 23.3 Å². The molecule has 0 aliphatic carbocycles. The van der Waals surface area contributed by atoms with E-state index >= 15 is 0 Å². The van der Waals surface area contributed by atoms with Crippen LogP contribution in [-0.4, -0.2) is 11.4 Å². The van der Waals surface area contributed by atoms with Gasteiger partial charge in [0.2, 0.25) is 0 Å². The number of amides is 1. The van der Waals surface area contributed by atoms with Gasteiger partial charge in [0, 0.05) is 17.2 Å². The van der Waals surface area contributed by atoms with Gasteiger partial charge in [-0.15, -0.1) is 0 Å². The van der Waals surface area contributed by atoms with E-state index in [2.05, 4.69) is 5.32 Å². The minimum absolute atomic E-state index is 0.137. The highest BCUT2D eigenvalue weighted by atomic mass is 32.2. The fraction of sp³-hybridized carbons (Fsp3) is 0.167. The lowest BCUT2D eigenvalue weighted by atomic mass is 10.4. The average Bonchev–Trinajstić information content (AvgIpc) is 1.82. The molecule has 0 bridgehead atoms. The molecule has 1 radical (unpaired) electrons. The molecule has 0 unspecified atom stereocenters. The molecule has 1 amide bonds. The number of hydrogen-bond acceptors (Lipinski definition) is 2. The topological polar surface area (TPSA) is 31.2 Å². The maximum Gasteiger partial charge on any atom is 0.446 e. The molecule has 0 atom stereocenters. The molecule has 6 heteroatoms. The minimum atomic E-state index is -4.35. The van der Waals surface area contributed by atoms with Gasteiger partial charge in [0.05, 0.1) is 0 Å². The largest absolute Gasteiger partial charge is 0.446 e. The van der Waals surface area contributed by atoms with Crippen LogP contribution in [0.25, 0.3) is 0 Å². The number of rotatable bonds is 1. The summed E-state index contributed by atoms with van der Waals surface area (Å²) >= 11 is -0.325. The Hall–Kier alpha value is -0.910. The minimum Gasteiger partial charge on any atom is -0.267 e. The Morgan fingerprint density at radius 1 is 1.42 bits per heavy atom. The first-order valence-corrected chi connectivity index (χ1v) is 3.68. The lowest BCUT2D eigenvalue weighted by Gasteiger charge is -2.07. The van der Waals surface area contributed by atoms with Crippen LogP contribution in [-0.2, 0) is 4.79 Å². The Kier molecular flexibility index (Phi) is 2.46. The lowest BCUT2D eigenvalue weighted by molar-refractivity contribution is -0.115. The van der Waals surface area contributed by atoms with Crippen LogP contribution < -0.4 is 5.32 Å². The number of hydrogen-bond donors (Lipinski definition) is 0. The highest BCUT2D eigenvalue weighted by molar-refractivity contribution is 8.04. The van der Waals surface area contributed by atoms with Crippen molar-refractivity contribution in [1.29, 1.82) is 0 Å². The number of carbonyl (C=O) groups excluding carboxylic acids is 1. The molecule has 1 aliphatic heterocycles. The zero-order valence-electron chi connectivity index (χ0n) is 5.63. The van der Waals surface area contributed by atoms with E-state index in [-0.39, 0.29) is 16.7 Å². The fourth-order valence-corrected chi connectivity index (χ4v) is 1.14. The SMILES string of the molecule is O=C1C=C(SC(F)(F)F)C=C[N]1. The van der Waals surface area contributed by atoms with Crippen molar-refractivity contribution in [1.82, 2.24) is 5.32 Å². The lowest BCUT2D eigenvalue weighted by Crippen LogP contribution is -2.11. The highest BCUT2D eigenvalue weighted by Gasteiger charge is 2.30. The van der Waals surface area contributed by atoms with E-state index in [1.165, 1.54) is 0 Å². The van der Waals surface area contributed by atoms with E-state index in [1.807, 2.05) is 0 Å². The van der Waals surface area contributed by atoms with Gasteiger partial charge < -0.3 is 0 Å². The fourth-order valence-electron chi connectivity index (χ4n) is 0.588. The van der Waals surface area contributed by atoms with Gasteiger partial charge in [-0.05, 0) is 17.8 Å². The Labute approximate surface area is 70.5 Å². The van der Waals surface area contributed by atoms with E-state index < -0.39 is 11.4 Å². The van der Waals surface area contributed by atoms with E-state index in [4.69, 9.17) is 0 Å². The second-order valence-corrected chi connectivity index (χ2v) is 3.02. The molecular formula is C6H3F3NOS. The van der Waals surface area contributed by atoms with E-state index in [9.17, 15) is 18.0 Å². The summed E-state index contributed by atoms with van der Waals surface area (Å²) in [5, 5.41) is 3.23. The normalized spacial score (nSPS) is 17.2. The van der Waals surface area contributed by atoms with Crippen LogP contribution in [0.2, 0.25) is 0 Å². The molecule has 1 rings (SSSR count). The number of allylic oxidation sites excluding steroid dienone is 1. The van der Waals surface area contributed by atoms with Crippen molar-refractivity contribution >= 4 is 17.7 Å². The first kappa shape index (κ1) is 9.18. The van der Waals surface area contributed by atoms with Gasteiger partial charge in [-0.25, -0.2) is 5.32 Å². The Balaban J connectivity index is 2.64. The molecule has 65 valence electrons. The van der Waals surface area contributed by atoms with Crippen molar-refractivity contribution in [2.45, 2.75) is 5.51 Å². The van der Waals surface area contributed by atoms with E-state index in [1.54, 1.807) is 0 Å². The molecule has 0 saturated heterocycles. The predicted molar refractivity (Wildman–Crippen MR) is 38.0 cm³/mol. The van der Waals surface area contributed by atoms with Crippen molar-refractivity contribution in [3.8, 4) is 0 Å². The van der Waals surface area contributed by atoms with Gasteiger partial charge >= 0.3 is 5.51 Å². The maximum atomic E-state index is 11.7. The zero-order chi connectivity index (χ0) is 9.19. The third-order valence-corrected chi connectivity index (χ3v) is 1.66. The van der Waals surface area contributed by atoms with Crippen molar-refractivity contribution in [2.24, 2.45) is 0 Å². The van der Waals surface area contributed by atoms with Gasteiger partial charge in [-0.2, -0.15) is 13.2 Å². The number of nitrogens with zero attached hydrogens (tertiary/aromatic N) is 1. The second-order valence-electron chi connectivity index (χ2n) is 1.88. The van der Waals surface area contributed by atoms with Gasteiger partial charge in [-0.1, -0.05) is 0 Å². The van der Waals surface area contributed by atoms with Crippen LogP contribution in [0, 0.1) is 0 Å². The molecule has 0 spiro atoms. The Morgan fingerprint density at radius 2 is 2.08 bits per heavy atom. The van der Waals surface area contributed by atoms with Crippen molar-refractivity contribution in [3.05, 3.63) is 23.3 Å². The van der Waals surface area contributed by atoms with Gasteiger partial charge in [0.15, 0.2) is 0 Å². The smallest absolute Gasteiger partial charge is 0.267 e. The summed E-state index contributed by atoms with van der Waals surface area (Å²) in [6.45, 7) is 0. The van der Waals surface area contributed by atoms with E-state index in [0.717, 1.165) is 18.4 Å². The number of alkyl halides is 3. The molecule has 2 nitrogen and oxygen atoms in total. The van der Waals surface area contributed by atoms with E-state index in [0.29, 0.717) is 0 Å².